The number of nitrogens with one attached hydrogen (secondary N) is 1. The number of benzene rings is 2. The van der Waals surface area contributed by atoms with Gasteiger partial charge >= 0.3 is 5.97 Å². The molecule has 8 nitrogen and oxygen atoms in total. The lowest BCUT2D eigenvalue weighted by molar-refractivity contribution is -0.142. The lowest BCUT2D eigenvalue weighted by atomic mass is 10.1. The number of carbonyl (C=O) groups is 2. The number of hydrogen-bond acceptors (Lipinski definition) is 6. The monoisotopic (exact) mass is 505 g/mol. The number of aliphatic carboxylic acids is 1. The Morgan fingerprint density at radius 1 is 0.892 bits per heavy atom. The van der Waals surface area contributed by atoms with Crippen LogP contribution in [0.3, 0.4) is 0 Å². The highest BCUT2D eigenvalue weighted by atomic mass is 16.5. The minimum atomic E-state index is -1.29. The molecule has 0 aliphatic heterocycles. The average Bonchev–Trinajstić information content (AvgIpc) is 2.93. The van der Waals surface area contributed by atoms with Crippen LogP contribution in [0, 0.1) is 0 Å². The van der Waals surface area contributed by atoms with Crippen LogP contribution in [0.2, 0.25) is 0 Å². The number of unbranched alkanes of at least 4 members (excludes halogenated alkanes) is 4. The maximum Gasteiger partial charge on any atom is 0.328 e. The molecule has 1 heterocycles. The largest absolute Gasteiger partial charge is 0.494 e. The highest BCUT2D eigenvalue weighted by Gasteiger charge is 2.18. The van der Waals surface area contributed by atoms with Gasteiger partial charge in [-0.15, -0.1) is 0 Å². The summed E-state index contributed by atoms with van der Waals surface area (Å²) < 4.78 is 5.84. The summed E-state index contributed by atoms with van der Waals surface area (Å²) in [6.07, 6.45) is 10.2. The van der Waals surface area contributed by atoms with E-state index in [-0.39, 0.29) is 6.42 Å². The van der Waals surface area contributed by atoms with Crippen molar-refractivity contribution in [2.75, 3.05) is 13.2 Å². The predicted molar refractivity (Wildman–Crippen MR) is 142 cm³/mol. The van der Waals surface area contributed by atoms with Crippen LogP contribution in [0.15, 0.2) is 60.9 Å². The van der Waals surface area contributed by atoms with Gasteiger partial charge in [-0.3, -0.25) is 4.79 Å². The maximum atomic E-state index is 11.9. The van der Waals surface area contributed by atoms with E-state index in [1.807, 2.05) is 48.5 Å². The first-order valence-corrected chi connectivity index (χ1v) is 12.8. The summed E-state index contributed by atoms with van der Waals surface area (Å²) in [7, 11) is 0. The molecule has 1 amide bonds. The third-order valence-electron chi connectivity index (χ3n) is 6.02. The fourth-order valence-corrected chi connectivity index (χ4v) is 3.80. The molecule has 0 saturated heterocycles. The highest BCUT2D eigenvalue weighted by molar-refractivity contribution is 5.83. The van der Waals surface area contributed by atoms with Crippen molar-refractivity contribution >= 4 is 11.9 Å². The molecule has 0 saturated carbocycles. The quantitative estimate of drug-likeness (QED) is 0.257. The second-order valence-electron chi connectivity index (χ2n) is 8.92. The summed E-state index contributed by atoms with van der Waals surface area (Å²) in [6, 6.07) is 14.2. The summed E-state index contributed by atoms with van der Waals surface area (Å²) >= 11 is 0. The van der Waals surface area contributed by atoms with Crippen LogP contribution in [-0.4, -0.2) is 51.3 Å². The van der Waals surface area contributed by atoms with Crippen LogP contribution in [0.1, 0.15) is 51.0 Å². The van der Waals surface area contributed by atoms with E-state index < -0.39 is 24.5 Å². The van der Waals surface area contributed by atoms with Crippen molar-refractivity contribution in [3.05, 3.63) is 66.5 Å². The Labute approximate surface area is 217 Å². The Hall–Kier alpha value is -3.78. The second-order valence-corrected chi connectivity index (χ2v) is 8.92. The summed E-state index contributed by atoms with van der Waals surface area (Å²) in [5, 5.41) is 20.2. The molecule has 37 heavy (non-hydrogen) atoms. The average molecular weight is 506 g/mol. The van der Waals surface area contributed by atoms with E-state index in [0.717, 1.165) is 41.0 Å². The van der Waals surface area contributed by atoms with Crippen LogP contribution in [0.5, 0.6) is 5.75 Å². The van der Waals surface area contributed by atoms with Crippen molar-refractivity contribution in [3.63, 3.8) is 0 Å². The number of aliphatic hydroxyl groups excluding tert-OH is 1. The van der Waals surface area contributed by atoms with Crippen molar-refractivity contribution in [1.29, 1.82) is 0 Å². The number of aromatic nitrogens is 2. The van der Waals surface area contributed by atoms with Crippen molar-refractivity contribution in [1.82, 2.24) is 15.3 Å². The lowest BCUT2D eigenvalue weighted by Crippen LogP contribution is -2.43. The topological polar surface area (TPSA) is 122 Å². The van der Waals surface area contributed by atoms with E-state index in [9.17, 15) is 9.59 Å². The summed E-state index contributed by atoms with van der Waals surface area (Å²) in [5.74, 6) is -0.222. The number of nitrogens with zero attached hydrogens (tertiary/aromatic N) is 2. The SMILES string of the molecule is CCCCCCCOc1ccc(-c2cnc(-c3ccc(CCC(=O)N[C@H](CO)C(=O)O)cc3)nc2)cc1. The van der Waals surface area contributed by atoms with E-state index in [1.165, 1.54) is 25.7 Å². The molecule has 1 aromatic heterocycles. The molecular weight excluding hydrogens is 470 g/mol. The van der Waals surface area contributed by atoms with Crippen molar-refractivity contribution in [2.45, 2.75) is 57.9 Å². The molecule has 0 spiro atoms. The Morgan fingerprint density at radius 2 is 1.54 bits per heavy atom. The molecule has 3 N–H and O–H groups in total. The van der Waals surface area contributed by atoms with Gasteiger partial charge in [0.1, 0.15) is 11.8 Å². The molecule has 1 atom stereocenters. The van der Waals surface area contributed by atoms with E-state index in [0.29, 0.717) is 12.2 Å². The molecule has 0 unspecified atom stereocenters. The van der Waals surface area contributed by atoms with Crippen molar-refractivity contribution in [2.24, 2.45) is 0 Å². The number of rotatable bonds is 15. The van der Waals surface area contributed by atoms with E-state index in [1.54, 1.807) is 12.4 Å². The zero-order valence-corrected chi connectivity index (χ0v) is 21.2. The Balaban J connectivity index is 1.49. The summed E-state index contributed by atoms with van der Waals surface area (Å²) in [6.45, 7) is 2.31. The molecule has 8 heteroatoms. The number of carboxylic acid groups (broad SMARTS) is 1. The Bertz CT molecular complexity index is 1120. The van der Waals surface area contributed by atoms with Gasteiger partial charge in [0.05, 0.1) is 13.2 Å². The third kappa shape index (κ3) is 8.99. The number of aryl methyl sites for hydroxylation is 1. The predicted octanol–water partition coefficient (Wildman–Crippen LogP) is 4.65. The molecule has 0 bridgehead atoms. The van der Waals surface area contributed by atoms with Gasteiger partial charge in [-0.2, -0.15) is 0 Å². The molecule has 0 aliphatic rings. The van der Waals surface area contributed by atoms with Crippen LogP contribution in [0.4, 0.5) is 0 Å². The molecule has 196 valence electrons. The smallest absolute Gasteiger partial charge is 0.328 e. The van der Waals surface area contributed by atoms with E-state index >= 15 is 0 Å². The van der Waals surface area contributed by atoms with Gasteiger partial charge in [-0.1, -0.05) is 69.0 Å². The van der Waals surface area contributed by atoms with Crippen molar-refractivity contribution in [3.8, 4) is 28.3 Å². The number of aliphatic hydroxyl groups is 1. The van der Waals surface area contributed by atoms with Crippen molar-refractivity contribution < 1.29 is 24.5 Å². The van der Waals surface area contributed by atoms with E-state index in [4.69, 9.17) is 14.9 Å². The van der Waals surface area contributed by atoms with Gasteiger partial charge in [0.15, 0.2) is 5.82 Å². The number of carboxylic acids is 1. The maximum absolute atomic E-state index is 11.9. The molecule has 2 aromatic carbocycles. The minimum Gasteiger partial charge on any atom is -0.494 e. The standard InChI is InChI=1S/C29H35N3O5/c1-2-3-4-5-6-17-37-25-14-12-22(13-15-25)24-18-30-28(31-19-24)23-10-7-21(8-11-23)9-16-27(34)32-26(20-33)29(35)36/h7-8,10-15,18-19,26,33H,2-6,9,16-17,20H2,1H3,(H,32,34)(H,35,36)/t26-/m1/s1. The first-order valence-electron chi connectivity index (χ1n) is 12.8. The third-order valence-corrected chi connectivity index (χ3v) is 6.02. The number of ether oxygens (including phenoxy) is 1. The fraction of sp³-hybridized carbons (Fsp3) is 0.379. The highest BCUT2D eigenvalue weighted by Crippen LogP contribution is 2.23. The van der Waals surface area contributed by atoms with Crippen LogP contribution in [0.25, 0.3) is 22.5 Å². The fourth-order valence-electron chi connectivity index (χ4n) is 3.80. The number of hydrogen-bond donors (Lipinski definition) is 3. The van der Waals surface area contributed by atoms with Gasteiger partial charge in [0.2, 0.25) is 5.91 Å². The molecular formula is C29H35N3O5. The Kier molecular flexibility index (Phi) is 11.0. The first-order chi connectivity index (χ1) is 18.0. The van der Waals surface area contributed by atoms with Gasteiger partial charge in [0.25, 0.3) is 0 Å². The zero-order valence-electron chi connectivity index (χ0n) is 21.2. The van der Waals surface area contributed by atoms with Gasteiger partial charge < -0.3 is 20.3 Å². The first kappa shape index (κ1) is 27.8. The molecule has 3 rings (SSSR count). The van der Waals surface area contributed by atoms with Gasteiger partial charge in [-0.05, 0) is 36.1 Å². The van der Waals surface area contributed by atoms with E-state index in [2.05, 4.69) is 22.2 Å². The van der Waals surface area contributed by atoms with Crippen LogP contribution in [-0.2, 0) is 16.0 Å². The number of carbonyl (C=O) groups excluding carboxylic acids is 1. The van der Waals surface area contributed by atoms with Gasteiger partial charge in [0, 0.05) is 29.9 Å². The normalized spacial score (nSPS) is 11.6. The van der Waals surface area contributed by atoms with Crippen LogP contribution < -0.4 is 10.1 Å². The molecule has 0 aliphatic carbocycles. The number of amides is 1. The molecule has 0 fully saturated rings. The Morgan fingerprint density at radius 3 is 2.16 bits per heavy atom. The lowest BCUT2D eigenvalue weighted by Gasteiger charge is -2.11. The van der Waals surface area contributed by atoms with Gasteiger partial charge in [-0.25, -0.2) is 14.8 Å². The molecule has 3 aromatic rings. The minimum absolute atomic E-state index is 0.122. The van der Waals surface area contributed by atoms with Crippen LogP contribution >= 0.6 is 0 Å². The zero-order chi connectivity index (χ0) is 26.5. The second kappa shape index (κ2) is 14.7. The summed E-state index contributed by atoms with van der Waals surface area (Å²) in [5.41, 5.74) is 3.71. The molecule has 0 radical (unpaired) electrons. The summed E-state index contributed by atoms with van der Waals surface area (Å²) in [4.78, 5) is 31.8.